The summed E-state index contributed by atoms with van der Waals surface area (Å²) in [7, 11) is 1.57. The van der Waals surface area contributed by atoms with Gasteiger partial charge in [0.1, 0.15) is 6.54 Å². The topological polar surface area (TPSA) is 64.5 Å². The summed E-state index contributed by atoms with van der Waals surface area (Å²) in [5, 5.41) is 0. The predicted molar refractivity (Wildman–Crippen MR) is 70.3 cm³/mol. The van der Waals surface area contributed by atoms with Crippen molar-refractivity contribution in [1.29, 1.82) is 0 Å². The zero-order valence-corrected chi connectivity index (χ0v) is 11.5. The molecule has 1 aromatic rings. The maximum atomic E-state index is 11.6. The highest BCUT2D eigenvalue weighted by molar-refractivity contribution is 5.75. The number of hydrogen-bond acceptors (Lipinski definition) is 6. The molecule has 0 spiro atoms. The Kier molecular flexibility index (Phi) is 4.19. The summed E-state index contributed by atoms with van der Waals surface area (Å²) in [5.74, 6) is 0.794. The molecule has 0 aromatic carbocycles. The monoisotopic (exact) mass is 265 g/mol. The summed E-state index contributed by atoms with van der Waals surface area (Å²) in [6, 6.07) is 2.09. The minimum Gasteiger partial charge on any atom is -0.481 e. The number of carbonyl (C=O) groups excluding carboxylic acids is 1. The first kappa shape index (κ1) is 13.6. The Bertz CT molecular complexity index is 460. The Hall–Kier alpha value is -1.85. The van der Waals surface area contributed by atoms with E-state index in [4.69, 9.17) is 9.47 Å². The lowest BCUT2D eigenvalue weighted by Gasteiger charge is -2.21. The molecule has 0 amide bonds. The first-order chi connectivity index (χ1) is 9.13. The quantitative estimate of drug-likeness (QED) is 0.723. The molecule has 0 bridgehead atoms. The fourth-order valence-corrected chi connectivity index (χ4v) is 1.85. The Labute approximate surface area is 112 Å². The summed E-state index contributed by atoms with van der Waals surface area (Å²) in [6.07, 6.45) is 2.11. The SMILES string of the molecule is CCOC(=O)CN(c1nc(C)cc(OC)n1)C1CC1. The van der Waals surface area contributed by atoms with E-state index in [2.05, 4.69) is 9.97 Å². The molecule has 0 N–H and O–H groups in total. The summed E-state index contributed by atoms with van der Waals surface area (Å²) in [5.41, 5.74) is 0.816. The highest BCUT2D eigenvalue weighted by Gasteiger charge is 2.33. The fourth-order valence-electron chi connectivity index (χ4n) is 1.85. The van der Waals surface area contributed by atoms with Crippen LogP contribution in [0.3, 0.4) is 0 Å². The molecule has 2 rings (SSSR count). The lowest BCUT2D eigenvalue weighted by Crippen LogP contribution is -2.34. The molecule has 6 nitrogen and oxygen atoms in total. The number of methoxy groups -OCH3 is 1. The lowest BCUT2D eigenvalue weighted by molar-refractivity contribution is -0.141. The smallest absolute Gasteiger partial charge is 0.325 e. The first-order valence-electron chi connectivity index (χ1n) is 6.46. The van der Waals surface area contributed by atoms with E-state index in [9.17, 15) is 4.79 Å². The van der Waals surface area contributed by atoms with Crippen LogP contribution in [0, 0.1) is 6.92 Å². The van der Waals surface area contributed by atoms with E-state index in [1.807, 2.05) is 11.8 Å². The molecule has 1 fully saturated rings. The third-order valence-corrected chi connectivity index (χ3v) is 2.88. The number of aromatic nitrogens is 2. The van der Waals surface area contributed by atoms with E-state index in [-0.39, 0.29) is 12.5 Å². The second-order valence-electron chi connectivity index (χ2n) is 4.52. The standard InChI is InChI=1S/C13H19N3O3/c1-4-19-12(17)8-16(10-5-6-10)13-14-9(2)7-11(15-13)18-3/h7,10H,4-6,8H2,1-3H3. The van der Waals surface area contributed by atoms with Gasteiger partial charge in [0.25, 0.3) is 0 Å². The van der Waals surface area contributed by atoms with Gasteiger partial charge in [0.05, 0.1) is 13.7 Å². The van der Waals surface area contributed by atoms with Gasteiger partial charge in [-0.15, -0.1) is 0 Å². The molecule has 0 unspecified atom stereocenters. The minimum absolute atomic E-state index is 0.186. The van der Waals surface area contributed by atoms with Gasteiger partial charge in [0.15, 0.2) is 0 Å². The van der Waals surface area contributed by atoms with Gasteiger partial charge in [-0.3, -0.25) is 4.79 Å². The Balaban J connectivity index is 2.18. The third kappa shape index (κ3) is 3.56. The summed E-state index contributed by atoms with van der Waals surface area (Å²) < 4.78 is 10.1. The van der Waals surface area contributed by atoms with Crippen LogP contribution in [0.15, 0.2) is 6.07 Å². The number of hydrogen-bond donors (Lipinski definition) is 0. The molecule has 1 aliphatic rings. The highest BCUT2D eigenvalue weighted by Crippen LogP contribution is 2.30. The molecule has 1 aromatic heterocycles. The van der Waals surface area contributed by atoms with Gasteiger partial charge in [-0.2, -0.15) is 4.98 Å². The molecule has 1 heterocycles. The van der Waals surface area contributed by atoms with Gasteiger partial charge in [-0.1, -0.05) is 0 Å². The van der Waals surface area contributed by atoms with Crippen molar-refractivity contribution in [3.8, 4) is 5.88 Å². The Morgan fingerprint density at radius 1 is 1.47 bits per heavy atom. The summed E-state index contributed by atoms with van der Waals surface area (Å²) in [4.78, 5) is 22.2. The number of anilines is 1. The van der Waals surface area contributed by atoms with Gasteiger partial charge < -0.3 is 14.4 Å². The lowest BCUT2D eigenvalue weighted by atomic mass is 10.4. The average Bonchev–Trinajstić information content (AvgIpc) is 3.19. The van der Waals surface area contributed by atoms with Crippen molar-refractivity contribution in [3.63, 3.8) is 0 Å². The maximum Gasteiger partial charge on any atom is 0.325 e. The summed E-state index contributed by atoms with van der Waals surface area (Å²) >= 11 is 0. The van der Waals surface area contributed by atoms with Crippen LogP contribution in [0.2, 0.25) is 0 Å². The first-order valence-corrected chi connectivity index (χ1v) is 6.46. The zero-order valence-electron chi connectivity index (χ0n) is 11.5. The van der Waals surface area contributed by atoms with Crippen molar-refractivity contribution in [2.24, 2.45) is 0 Å². The van der Waals surface area contributed by atoms with Gasteiger partial charge in [0.2, 0.25) is 11.8 Å². The second-order valence-corrected chi connectivity index (χ2v) is 4.52. The molecule has 0 atom stereocenters. The van der Waals surface area contributed by atoms with Crippen LogP contribution in [-0.2, 0) is 9.53 Å². The molecule has 0 saturated heterocycles. The number of esters is 1. The number of carbonyl (C=O) groups is 1. The molecule has 0 radical (unpaired) electrons. The van der Waals surface area contributed by atoms with Crippen LogP contribution in [-0.4, -0.2) is 42.2 Å². The maximum absolute atomic E-state index is 11.6. The van der Waals surface area contributed by atoms with Crippen LogP contribution < -0.4 is 9.64 Å². The van der Waals surface area contributed by atoms with E-state index in [0.717, 1.165) is 18.5 Å². The Morgan fingerprint density at radius 2 is 2.21 bits per heavy atom. The number of rotatable bonds is 6. The molecule has 19 heavy (non-hydrogen) atoms. The van der Waals surface area contributed by atoms with Crippen LogP contribution in [0.1, 0.15) is 25.5 Å². The minimum atomic E-state index is -0.251. The van der Waals surface area contributed by atoms with Crippen molar-refractivity contribution < 1.29 is 14.3 Å². The largest absolute Gasteiger partial charge is 0.481 e. The molecule has 6 heteroatoms. The highest BCUT2D eigenvalue weighted by atomic mass is 16.5. The van der Waals surface area contributed by atoms with Gasteiger partial charge in [-0.05, 0) is 26.7 Å². The molecule has 1 aliphatic carbocycles. The van der Waals surface area contributed by atoms with Crippen molar-refractivity contribution in [2.75, 3.05) is 25.2 Å². The second kappa shape index (κ2) is 5.86. The Morgan fingerprint density at radius 3 is 2.79 bits per heavy atom. The summed E-state index contributed by atoms with van der Waals surface area (Å²) in [6.45, 7) is 4.25. The van der Waals surface area contributed by atoms with Gasteiger partial charge in [0, 0.05) is 17.8 Å². The van der Waals surface area contributed by atoms with Crippen molar-refractivity contribution in [2.45, 2.75) is 32.7 Å². The van der Waals surface area contributed by atoms with Crippen LogP contribution >= 0.6 is 0 Å². The van der Waals surface area contributed by atoms with E-state index < -0.39 is 0 Å². The van der Waals surface area contributed by atoms with Crippen molar-refractivity contribution >= 4 is 11.9 Å². The number of ether oxygens (including phenoxy) is 2. The van der Waals surface area contributed by atoms with Crippen LogP contribution in [0.25, 0.3) is 0 Å². The van der Waals surface area contributed by atoms with Crippen molar-refractivity contribution in [3.05, 3.63) is 11.8 Å². The molecule has 1 saturated carbocycles. The fraction of sp³-hybridized carbons (Fsp3) is 0.615. The third-order valence-electron chi connectivity index (χ3n) is 2.88. The predicted octanol–water partition coefficient (Wildman–Crippen LogP) is 1.33. The molecule has 104 valence electrons. The van der Waals surface area contributed by atoms with E-state index in [0.29, 0.717) is 24.5 Å². The normalized spacial score (nSPS) is 14.1. The molecular formula is C13H19N3O3. The molecular weight excluding hydrogens is 246 g/mol. The van der Waals surface area contributed by atoms with Crippen LogP contribution in [0.4, 0.5) is 5.95 Å². The van der Waals surface area contributed by atoms with Crippen LogP contribution in [0.5, 0.6) is 5.88 Å². The van der Waals surface area contributed by atoms with Gasteiger partial charge in [-0.25, -0.2) is 4.98 Å². The molecule has 0 aliphatic heterocycles. The van der Waals surface area contributed by atoms with E-state index in [1.54, 1.807) is 20.1 Å². The number of aryl methyl sites for hydroxylation is 1. The average molecular weight is 265 g/mol. The zero-order chi connectivity index (χ0) is 13.8. The van der Waals surface area contributed by atoms with E-state index in [1.165, 1.54) is 0 Å². The number of nitrogens with zero attached hydrogens (tertiary/aromatic N) is 3. The van der Waals surface area contributed by atoms with E-state index >= 15 is 0 Å². The van der Waals surface area contributed by atoms with Gasteiger partial charge >= 0.3 is 5.97 Å². The van der Waals surface area contributed by atoms with Crippen molar-refractivity contribution in [1.82, 2.24) is 9.97 Å².